The van der Waals surface area contributed by atoms with Crippen LogP contribution in [0.25, 0.3) is 21.7 Å². The maximum Gasteiger partial charge on any atom is 0.302 e. The van der Waals surface area contributed by atoms with E-state index in [-0.39, 0.29) is 0 Å². The maximum atomic E-state index is 7.10. The average molecular weight is 412 g/mol. The molecule has 1 atom stereocenters. The van der Waals surface area contributed by atoms with Gasteiger partial charge < -0.3 is 9.64 Å². The summed E-state index contributed by atoms with van der Waals surface area (Å²) in [6, 6.07) is 7.92. The summed E-state index contributed by atoms with van der Waals surface area (Å²) in [5.41, 5.74) is 3.05. The third kappa shape index (κ3) is 3.18. The van der Waals surface area contributed by atoms with E-state index in [9.17, 15) is 0 Å². The third-order valence-corrected chi connectivity index (χ3v) is 5.40. The standard InChI is InChI=1S/C19H18BrN5O/c1-21-15-5-3-14(4-6-15)17-16(20)18-22-8-10-25(18)19(23-17)26-12-13-7-9-24(2)11-13/h3-6,8,10,13H,7,9,11-12H2,2H3/t13-/m1/s1. The van der Waals surface area contributed by atoms with Gasteiger partial charge in [0.1, 0.15) is 0 Å². The van der Waals surface area contributed by atoms with E-state index < -0.39 is 0 Å². The normalized spacial score (nSPS) is 17.5. The van der Waals surface area contributed by atoms with E-state index in [1.54, 1.807) is 18.3 Å². The first-order valence-electron chi connectivity index (χ1n) is 8.47. The number of rotatable bonds is 4. The largest absolute Gasteiger partial charge is 0.464 e. The molecule has 1 aliphatic heterocycles. The topological polar surface area (TPSA) is 47.0 Å². The summed E-state index contributed by atoms with van der Waals surface area (Å²) >= 11 is 3.62. The van der Waals surface area contributed by atoms with Crippen LogP contribution in [0, 0.1) is 12.5 Å². The van der Waals surface area contributed by atoms with Gasteiger partial charge in [0.05, 0.1) is 23.3 Å². The van der Waals surface area contributed by atoms with Crippen molar-refractivity contribution in [2.45, 2.75) is 6.42 Å². The third-order valence-electron chi connectivity index (χ3n) is 4.67. The number of halogens is 1. The van der Waals surface area contributed by atoms with Gasteiger partial charge in [-0.05, 0) is 41.5 Å². The van der Waals surface area contributed by atoms with Crippen molar-refractivity contribution >= 4 is 27.3 Å². The first kappa shape index (κ1) is 17.0. The zero-order chi connectivity index (χ0) is 18.1. The summed E-state index contributed by atoms with van der Waals surface area (Å²) < 4.78 is 8.76. The fourth-order valence-corrected chi connectivity index (χ4v) is 3.88. The summed E-state index contributed by atoms with van der Waals surface area (Å²) in [5, 5.41) is 0. The lowest BCUT2D eigenvalue weighted by molar-refractivity contribution is 0.229. The molecule has 0 saturated carbocycles. The monoisotopic (exact) mass is 411 g/mol. The second kappa shape index (κ2) is 7.06. The molecular formula is C19H18BrN5O. The Morgan fingerprint density at radius 1 is 1.35 bits per heavy atom. The van der Waals surface area contributed by atoms with Gasteiger partial charge in [-0.1, -0.05) is 24.3 Å². The summed E-state index contributed by atoms with van der Waals surface area (Å²) in [6.07, 6.45) is 4.74. The number of fused-ring (bicyclic) bond motifs is 1. The Balaban J connectivity index is 1.69. The molecule has 1 aliphatic rings. The molecule has 4 rings (SSSR count). The minimum atomic E-state index is 0.519. The molecule has 1 saturated heterocycles. The number of likely N-dealkylation sites (tertiary alicyclic amines) is 1. The van der Waals surface area contributed by atoms with Crippen molar-refractivity contribution in [2.75, 3.05) is 26.7 Å². The van der Waals surface area contributed by atoms with Crippen LogP contribution >= 0.6 is 15.9 Å². The first-order valence-corrected chi connectivity index (χ1v) is 9.27. The van der Waals surface area contributed by atoms with Crippen LogP contribution in [0.2, 0.25) is 0 Å². The molecule has 1 fully saturated rings. The Morgan fingerprint density at radius 3 is 2.85 bits per heavy atom. The molecule has 0 unspecified atom stereocenters. The van der Waals surface area contributed by atoms with Gasteiger partial charge in [-0.2, -0.15) is 4.98 Å². The van der Waals surface area contributed by atoms with Crippen molar-refractivity contribution in [3.05, 3.63) is 52.5 Å². The van der Waals surface area contributed by atoms with E-state index in [0.717, 1.165) is 40.9 Å². The molecule has 0 N–H and O–H groups in total. The second-order valence-electron chi connectivity index (χ2n) is 6.56. The van der Waals surface area contributed by atoms with Gasteiger partial charge in [0.15, 0.2) is 11.3 Å². The number of hydrogen-bond acceptors (Lipinski definition) is 4. The Hall–Kier alpha value is -2.43. The molecule has 1 aromatic carbocycles. The quantitative estimate of drug-likeness (QED) is 0.607. The van der Waals surface area contributed by atoms with Crippen LogP contribution in [0.4, 0.5) is 5.69 Å². The molecule has 6 nitrogen and oxygen atoms in total. The highest BCUT2D eigenvalue weighted by atomic mass is 79.9. The zero-order valence-corrected chi connectivity index (χ0v) is 16.0. The molecule has 132 valence electrons. The van der Waals surface area contributed by atoms with Crippen molar-refractivity contribution in [1.29, 1.82) is 0 Å². The maximum absolute atomic E-state index is 7.10. The van der Waals surface area contributed by atoms with Crippen molar-refractivity contribution < 1.29 is 4.74 Å². The lowest BCUT2D eigenvalue weighted by atomic mass is 10.1. The molecule has 0 spiro atoms. The van der Waals surface area contributed by atoms with Crippen LogP contribution in [-0.2, 0) is 0 Å². The molecule has 0 bridgehead atoms. The predicted octanol–water partition coefficient (Wildman–Crippen LogP) is 4.04. The van der Waals surface area contributed by atoms with Crippen LogP contribution in [0.15, 0.2) is 41.1 Å². The van der Waals surface area contributed by atoms with Gasteiger partial charge in [-0.25, -0.2) is 9.83 Å². The number of hydrogen-bond donors (Lipinski definition) is 0. The van der Waals surface area contributed by atoms with Crippen molar-refractivity contribution in [3.8, 4) is 17.3 Å². The van der Waals surface area contributed by atoms with Gasteiger partial charge in [0.2, 0.25) is 0 Å². The Labute approximate surface area is 160 Å². The van der Waals surface area contributed by atoms with Crippen LogP contribution in [-0.4, -0.2) is 46.0 Å². The molecule has 2 aromatic heterocycles. The lowest BCUT2D eigenvalue weighted by Crippen LogP contribution is -2.19. The summed E-state index contributed by atoms with van der Waals surface area (Å²) in [5.74, 6) is 0.519. The van der Waals surface area contributed by atoms with Gasteiger partial charge >= 0.3 is 6.01 Å². The number of nitrogens with zero attached hydrogens (tertiary/aromatic N) is 5. The van der Waals surface area contributed by atoms with Crippen LogP contribution in [0.5, 0.6) is 6.01 Å². The van der Waals surface area contributed by atoms with E-state index >= 15 is 0 Å². The van der Waals surface area contributed by atoms with Gasteiger partial charge in [0, 0.05) is 24.9 Å². The van der Waals surface area contributed by atoms with Crippen molar-refractivity contribution in [1.82, 2.24) is 19.3 Å². The lowest BCUT2D eigenvalue weighted by Gasteiger charge is -2.14. The Kier molecular flexibility index (Phi) is 4.62. The van der Waals surface area contributed by atoms with Crippen LogP contribution in [0.1, 0.15) is 6.42 Å². The molecular weight excluding hydrogens is 394 g/mol. The van der Waals surface area contributed by atoms with E-state index in [1.807, 2.05) is 22.7 Å². The summed E-state index contributed by atoms with van der Waals surface area (Å²) in [4.78, 5) is 14.9. The minimum Gasteiger partial charge on any atom is -0.464 e. The highest BCUT2D eigenvalue weighted by molar-refractivity contribution is 9.10. The second-order valence-corrected chi connectivity index (χ2v) is 7.36. The van der Waals surface area contributed by atoms with E-state index in [4.69, 9.17) is 16.3 Å². The average Bonchev–Trinajstić information content (AvgIpc) is 3.31. The van der Waals surface area contributed by atoms with E-state index in [2.05, 4.69) is 37.7 Å². The fourth-order valence-electron chi connectivity index (χ4n) is 3.27. The minimum absolute atomic E-state index is 0.519. The number of imidazole rings is 1. The number of benzene rings is 1. The van der Waals surface area contributed by atoms with Crippen molar-refractivity contribution in [2.24, 2.45) is 5.92 Å². The Bertz CT molecular complexity index is 976. The Morgan fingerprint density at radius 2 is 2.15 bits per heavy atom. The predicted molar refractivity (Wildman–Crippen MR) is 103 cm³/mol. The SMILES string of the molecule is [C-]#[N+]c1ccc(-c2nc(OC[C@@H]3CCN(C)C3)n3ccnc3c2Br)cc1. The smallest absolute Gasteiger partial charge is 0.302 e. The van der Waals surface area contributed by atoms with E-state index in [0.29, 0.717) is 24.2 Å². The number of aromatic nitrogens is 3. The van der Waals surface area contributed by atoms with Crippen LogP contribution < -0.4 is 4.74 Å². The highest BCUT2D eigenvalue weighted by Gasteiger charge is 2.22. The highest BCUT2D eigenvalue weighted by Crippen LogP contribution is 2.33. The zero-order valence-electron chi connectivity index (χ0n) is 14.4. The molecule has 3 aromatic rings. The summed E-state index contributed by atoms with van der Waals surface area (Å²) in [7, 11) is 2.14. The van der Waals surface area contributed by atoms with Gasteiger partial charge in [-0.3, -0.25) is 4.40 Å². The molecule has 0 radical (unpaired) electrons. The van der Waals surface area contributed by atoms with Gasteiger partial charge in [0.25, 0.3) is 0 Å². The molecule has 0 amide bonds. The molecule has 0 aliphatic carbocycles. The first-order chi connectivity index (χ1) is 12.7. The summed E-state index contributed by atoms with van der Waals surface area (Å²) in [6.45, 7) is 9.90. The number of ether oxygens (including phenoxy) is 1. The molecule has 3 heterocycles. The molecule has 7 heteroatoms. The molecule has 26 heavy (non-hydrogen) atoms. The van der Waals surface area contributed by atoms with Crippen LogP contribution in [0.3, 0.4) is 0 Å². The van der Waals surface area contributed by atoms with Gasteiger partial charge in [-0.15, -0.1) is 0 Å². The van der Waals surface area contributed by atoms with Crippen molar-refractivity contribution in [3.63, 3.8) is 0 Å². The fraction of sp³-hybridized carbons (Fsp3) is 0.316. The van der Waals surface area contributed by atoms with E-state index in [1.165, 1.54) is 0 Å².